The molecule has 2 N–H and O–H groups in total. The molecule has 0 bridgehead atoms. The van der Waals surface area contributed by atoms with Crippen molar-refractivity contribution in [1.82, 2.24) is 4.90 Å². The van der Waals surface area contributed by atoms with Gasteiger partial charge in [0.1, 0.15) is 6.61 Å². The number of aliphatic hydroxyl groups is 2. The number of unbranched alkanes of at least 4 members (excludes halogenated alkanes) is 1. The number of nitrogens with zero attached hydrogens (tertiary/aromatic N) is 2. The van der Waals surface area contributed by atoms with Crippen LogP contribution in [-0.2, 0) is 21.0 Å². The molecule has 2 saturated carbocycles. The fraction of sp³-hybridized carbons (Fsp3) is 0.560. The molecule has 0 unspecified atom stereocenters. The average Bonchev–Trinajstić information content (AvgIpc) is 3.40. The molecular formula is C25H28N2O7. The molecule has 3 fully saturated rings. The lowest BCUT2D eigenvalue weighted by Gasteiger charge is -2.45. The number of carbonyl (C=O) groups is 2. The summed E-state index contributed by atoms with van der Waals surface area (Å²) in [5, 5.41) is 25.7. The van der Waals surface area contributed by atoms with Crippen molar-refractivity contribution < 1.29 is 34.1 Å². The predicted molar refractivity (Wildman–Crippen MR) is 119 cm³/mol. The summed E-state index contributed by atoms with van der Waals surface area (Å²) in [4.78, 5) is 33.4. The van der Waals surface area contributed by atoms with Gasteiger partial charge >= 0.3 is 0 Å². The predicted octanol–water partition coefficient (Wildman–Crippen LogP) is 1.45. The summed E-state index contributed by atoms with van der Waals surface area (Å²) in [6.45, 7) is 0.623. The van der Waals surface area contributed by atoms with Crippen molar-refractivity contribution in [3.63, 3.8) is 0 Å². The number of hydrogen-bond acceptors (Lipinski definition) is 8. The Morgan fingerprint density at radius 2 is 1.94 bits per heavy atom. The highest BCUT2D eigenvalue weighted by molar-refractivity contribution is 6.06. The van der Waals surface area contributed by atoms with E-state index < -0.39 is 30.0 Å². The molecule has 4 aliphatic rings. The zero-order chi connectivity index (χ0) is 23.8. The molecule has 9 heteroatoms. The summed E-state index contributed by atoms with van der Waals surface area (Å²) >= 11 is 0. The van der Waals surface area contributed by atoms with E-state index in [2.05, 4.69) is 11.1 Å². The van der Waals surface area contributed by atoms with Crippen LogP contribution in [0.4, 0.5) is 0 Å². The smallest absolute Gasteiger partial charge is 0.233 e. The van der Waals surface area contributed by atoms with Crippen molar-refractivity contribution in [2.24, 2.45) is 28.8 Å². The molecule has 2 aliphatic heterocycles. The van der Waals surface area contributed by atoms with Crippen molar-refractivity contribution in [3.8, 4) is 23.8 Å². The van der Waals surface area contributed by atoms with Crippen molar-refractivity contribution >= 4 is 17.5 Å². The van der Waals surface area contributed by atoms with Gasteiger partial charge < -0.3 is 24.5 Å². The van der Waals surface area contributed by atoms with E-state index in [1.54, 1.807) is 18.2 Å². The van der Waals surface area contributed by atoms with Crippen molar-refractivity contribution in [3.05, 3.63) is 23.8 Å². The molecule has 0 radical (unpaired) electrons. The van der Waals surface area contributed by atoms with Gasteiger partial charge in [-0.15, -0.1) is 12.3 Å². The van der Waals surface area contributed by atoms with E-state index in [0.29, 0.717) is 49.5 Å². The molecule has 2 amide bonds. The highest BCUT2D eigenvalue weighted by Crippen LogP contribution is 2.50. The lowest BCUT2D eigenvalue weighted by Crippen LogP contribution is -2.54. The SMILES string of the molecule is C#CCCCON=C1C[C@@H](O)[C@H](O)[C@H]2[C@@H]3C(=O)N(Cc4ccc5c(c4)OCO5)C(=O)[C@@H]3CC[C@@H]12. The van der Waals surface area contributed by atoms with Crippen LogP contribution in [0.5, 0.6) is 11.5 Å². The minimum absolute atomic E-state index is 0.122. The third-order valence-electron chi connectivity index (χ3n) is 7.39. The van der Waals surface area contributed by atoms with Crippen LogP contribution in [-0.4, -0.2) is 58.2 Å². The van der Waals surface area contributed by atoms with Gasteiger partial charge in [0.25, 0.3) is 0 Å². The number of imide groups is 1. The third-order valence-corrected chi connectivity index (χ3v) is 7.39. The fourth-order valence-electron chi connectivity index (χ4n) is 5.78. The van der Waals surface area contributed by atoms with E-state index in [4.69, 9.17) is 20.7 Å². The van der Waals surface area contributed by atoms with Gasteiger partial charge in [-0.1, -0.05) is 11.2 Å². The summed E-state index contributed by atoms with van der Waals surface area (Å²) in [7, 11) is 0. The number of oxime groups is 1. The minimum Gasteiger partial charge on any atom is -0.454 e. The second-order valence-corrected chi connectivity index (χ2v) is 9.33. The lowest BCUT2D eigenvalue weighted by molar-refractivity contribution is -0.142. The maximum Gasteiger partial charge on any atom is 0.233 e. The van der Waals surface area contributed by atoms with Crippen LogP contribution in [0, 0.1) is 36.0 Å². The van der Waals surface area contributed by atoms with E-state index in [0.717, 1.165) is 5.56 Å². The van der Waals surface area contributed by atoms with E-state index >= 15 is 0 Å². The van der Waals surface area contributed by atoms with E-state index in [9.17, 15) is 19.8 Å². The maximum absolute atomic E-state index is 13.5. The Balaban J connectivity index is 1.35. The molecule has 1 saturated heterocycles. The van der Waals surface area contributed by atoms with Crippen LogP contribution in [0.3, 0.4) is 0 Å². The first-order chi connectivity index (χ1) is 16.5. The summed E-state index contributed by atoms with van der Waals surface area (Å²) in [6, 6.07) is 5.34. The minimum atomic E-state index is -1.11. The zero-order valence-corrected chi connectivity index (χ0v) is 18.8. The molecule has 1 aromatic rings. The second kappa shape index (κ2) is 9.28. The van der Waals surface area contributed by atoms with Crippen LogP contribution in [0.15, 0.2) is 23.4 Å². The molecule has 180 valence electrons. The van der Waals surface area contributed by atoms with Gasteiger partial charge in [0.15, 0.2) is 11.5 Å². The highest BCUT2D eigenvalue weighted by Gasteiger charge is 2.59. The quantitative estimate of drug-likeness (QED) is 0.281. The summed E-state index contributed by atoms with van der Waals surface area (Å²) in [5.74, 6) is 1.18. The topological polar surface area (TPSA) is 118 Å². The Morgan fingerprint density at radius 3 is 2.76 bits per heavy atom. The molecular weight excluding hydrogens is 440 g/mol. The van der Waals surface area contributed by atoms with Gasteiger partial charge in [-0.05, 0) is 37.0 Å². The van der Waals surface area contributed by atoms with Gasteiger partial charge in [0.05, 0.1) is 36.3 Å². The molecule has 2 heterocycles. The number of benzene rings is 1. The van der Waals surface area contributed by atoms with Gasteiger partial charge in [-0.2, -0.15) is 0 Å². The number of hydrogen-bond donors (Lipinski definition) is 2. The molecule has 1 aromatic carbocycles. The largest absolute Gasteiger partial charge is 0.454 e. The lowest BCUT2D eigenvalue weighted by atomic mass is 9.60. The number of amides is 2. The number of fused-ring (bicyclic) bond motifs is 4. The molecule has 34 heavy (non-hydrogen) atoms. The van der Waals surface area contributed by atoms with Gasteiger partial charge in [-0.25, -0.2) is 0 Å². The highest BCUT2D eigenvalue weighted by atomic mass is 16.7. The first-order valence-electron chi connectivity index (χ1n) is 11.7. The Labute approximate surface area is 197 Å². The van der Waals surface area contributed by atoms with Gasteiger partial charge in [-0.3, -0.25) is 14.5 Å². The molecule has 0 spiro atoms. The van der Waals surface area contributed by atoms with Crippen LogP contribution in [0.2, 0.25) is 0 Å². The van der Waals surface area contributed by atoms with Crippen LogP contribution >= 0.6 is 0 Å². The van der Waals surface area contributed by atoms with E-state index in [1.165, 1.54) is 4.90 Å². The first kappa shape index (κ1) is 22.7. The van der Waals surface area contributed by atoms with E-state index in [1.807, 2.05) is 0 Å². The molecule has 0 aromatic heterocycles. The first-order valence-corrected chi connectivity index (χ1v) is 11.7. The Kier molecular flexibility index (Phi) is 6.19. The summed E-state index contributed by atoms with van der Waals surface area (Å²) in [5.41, 5.74) is 1.39. The van der Waals surface area contributed by atoms with Crippen LogP contribution < -0.4 is 9.47 Å². The Bertz CT molecular complexity index is 1050. The molecule has 5 rings (SSSR count). The number of terminal acetylenes is 1. The third kappa shape index (κ3) is 3.91. The maximum atomic E-state index is 13.5. The number of ether oxygens (including phenoxy) is 2. The number of aliphatic hydroxyl groups excluding tert-OH is 2. The Morgan fingerprint density at radius 1 is 1.15 bits per heavy atom. The van der Waals surface area contributed by atoms with Crippen LogP contribution in [0.1, 0.15) is 37.7 Å². The van der Waals surface area contributed by atoms with Gasteiger partial charge in [0.2, 0.25) is 18.6 Å². The monoisotopic (exact) mass is 468 g/mol. The Hall–Kier alpha value is -3.09. The van der Waals surface area contributed by atoms with Crippen molar-refractivity contribution in [1.29, 1.82) is 0 Å². The average molecular weight is 469 g/mol. The standard InChI is InChI=1S/C25H28N2O7/c1-2-3-4-9-34-26-17-11-18(28)23(29)21-15(17)6-7-16-22(21)25(31)27(24(16)30)12-14-5-8-19-20(10-14)33-13-32-19/h1,5,8,10,15-16,18,21-23,28-29H,3-4,6-7,9,11-13H2/t15-,16+,18+,21+,22+,23-/m0/s1. The molecule has 9 nitrogen and oxygen atoms in total. The van der Waals surface area contributed by atoms with Gasteiger partial charge in [0, 0.05) is 24.7 Å². The molecule has 6 atom stereocenters. The van der Waals surface area contributed by atoms with E-state index in [-0.39, 0.29) is 37.5 Å². The number of rotatable bonds is 6. The zero-order valence-electron chi connectivity index (χ0n) is 18.8. The normalized spacial score (nSPS) is 33.0. The number of carbonyl (C=O) groups excluding carboxylic acids is 2. The molecule has 2 aliphatic carbocycles. The number of likely N-dealkylation sites (tertiary alicyclic amines) is 1. The second-order valence-electron chi connectivity index (χ2n) is 9.33. The van der Waals surface area contributed by atoms with Crippen molar-refractivity contribution in [2.75, 3.05) is 13.4 Å². The van der Waals surface area contributed by atoms with Crippen molar-refractivity contribution in [2.45, 2.75) is 50.9 Å². The summed E-state index contributed by atoms with van der Waals surface area (Å²) < 4.78 is 10.7. The fourth-order valence-corrected chi connectivity index (χ4v) is 5.78. The summed E-state index contributed by atoms with van der Waals surface area (Å²) in [6.07, 6.45) is 5.62. The van der Waals surface area contributed by atoms with Crippen LogP contribution in [0.25, 0.3) is 0 Å².